The van der Waals surface area contributed by atoms with E-state index < -0.39 is 0 Å². The zero-order valence-electron chi connectivity index (χ0n) is 12.1. The van der Waals surface area contributed by atoms with Gasteiger partial charge in [0.25, 0.3) is 5.91 Å². The number of aromatic nitrogens is 1. The Bertz CT molecular complexity index is 709. The molecule has 2 heterocycles. The van der Waals surface area contributed by atoms with Crippen molar-refractivity contribution in [1.29, 1.82) is 0 Å². The molecule has 1 fully saturated rings. The molecule has 1 amide bonds. The van der Waals surface area contributed by atoms with E-state index in [-0.39, 0.29) is 11.7 Å². The maximum Gasteiger partial charge on any atom is 0.272 e. The minimum atomic E-state index is -0.335. The third-order valence-corrected chi connectivity index (χ3v) is 3.86. The molecule has 0 bridgehead atoms. The Hall–Kier alpha value is -2.17. The predicted octanol–water partition coefficient (Wildman–Crippen LogP) is 2.93. The van der Waals surface area contributed by atoms with Crippen LogP contribution in [0.2, 0.25) is 0 Å². The number of nitrogens with zero attached hydrogens (tertiary/aromatic N) is 2. The molecule has 0 spiro atoms. The molecule has 21 heavy (non-hydrogen) atoms. The lowest BCUT2D eigenvalue weighted by Crippen LogP contribution is -2.28. The van der Waals surface area contributed by atoms with Gasteiger partial charge in [-0.2, -0.15) is 0 Å². The Balaban J connectivity index is 2.14. The molecule has 0 aliphatic carbocycles. The van der Waals surface area contributed by atoms with Crippen LogP contribution in [0.25, 0.3) is 10.9 Å². The number of amides is 1. The number of halogens is 1. The first-order valence-corrected chi connectivity index (χ1v) is 7.04. The van der Waals surface area contributed by atoms with Gasteiger partial charge in [0.1, 0.15) is 17.3 Å². The number of hydrogen-bond donors (Lipinski definition) is 0. The molecule has 0 radical (unpaired) electrons. The summed E-state index contributed by atoms with van der Waals surface area (Å²) in [4.78, 5) is 18.7. The fourth-order valence-corrected chi connectivity index (χ4v) is 2.79. The van der Waals surface area contributed by atoms with Crippen molar-refractivity contribution in [2.45, 2.75) is 19.8 Å². The lowest BCUT2D eigenvalue weighted by molar-refractivity contribution is 0.0787. The minimum Gasteiger partial charge on any atom is -0.496 e. The van der Waals surface area contributed by atoms with Crippen molar-refractivity contribution in [2.75, 3.05) is 20.2 Å². The fourth-order valence-electron chi connectivity index (χ4n) is 2.79. The standard InChI is InChI=1S/C16H17FN2O2/c1-10-7-11(17)8-12-14(21-2)9-13(18-15(10)12)16(20)19-5-3-4-6-19/h7-9H,3-6H2,1-2H3. The molecule has 2 aromatic rings. The summed E-state index contributed by atoms with van der Waals surface area (Å²) in [5.74, 6) is 0.0558. The summed E-state index contributed by atoms with van der Waals surface area (Å²) in [5, 5.41) is 0.591. The van der Waals surface area contributed by atoms with Crippen LogP contribution in [0.4, 0.5) is 4.39 Å². The van der Waals surface area contributed by atoms with E-state index in [4.69, 9.17) is 4.74 Å². The van der Waals surface area contributed by atoms with Crippen molar-refractivity contribution in [1.82, 2.24) is 9.88 Å². The fraction of sp³-hybridized carbons (Fsp3) is 0.375. The van der Waals surface area contributed by atoms with Crippen molar-refractivity contribution in [3.05, 3.63) is 35.3 Å². The minimum absolute atomic E-state index is 0.0866. The number of ether oxygens (including phenoxy) is 1. The zero-order valence-corrected chi connectivity index (χ0v) is 12.1. The van der Waals surface area contributed by atoms with Crippen LogP contribution in [0.1, 0.15) is 28.9 Å². The molecule has 110 valence electrons. The van der Waals surface area contributed by atoms with E-state index in [0.717, 1.165) is 25.9 Å². The van der Waals surface area contributed by atoms with Gasteiger partial charge in [-0.05, 0) is 37.5 Å². The first kappa shape index (κ1) is 13.8. The lowest BCUT2D eigenvalue weighted by Gasteiger charge is -2.16. The number of carbonyl (C=O) groups is 1. The van der Waals surface area contributed by atoms with Gasteiger partial charge < -0.3 is 9.64 Å². The van der Waals surface area contributed by atoms with Crippen LogP contribution < -0.4 is 4.74 Å². The number of rotatable bonds is 2. The third-order valence-electron chi connectivity index (χ3n) is 3.86. The van der Waals surface area contributed by atoms with E-state index in [0.29, 0.717) is 27.9 Å². The topological polar surface area (TPSA) is 42.4 Å². The van der Waals surface area contributed by atoms with Crippen molar-refractivity contribution in [3.63, 3.8) is 0 Å². The summed E-state index contributed by atoms with van der Waals surface area (Å²) in [6.45, 7) is 3.31. The second kappa shape index (κ2) is 5.31. The highest BCUT2D eigenvalue weighted by Crippen LogP contribution is 2.29. The van der Waals surface area contributed by atoms with Gasteiger partial charge in [0.05, 0.1) is 12.6 Å². The van der Waals surface area contributed by atoms with E-state index >= 15 is 0 Å². The first-order chi connectivity index (χ1) is 10.1. The van der Waals surface area contributed by atoms with E-state index in [1.54, 1.807) is 17.9 Å². The molecule has 3 rings (SSSR count). The van der Waals surface area contributed by atoms with Gasteiger partial charge >= 0.3 is 0 Å². The predicted molar refractivity (Wildman–Crippen MR) is 78.1 cm³/mol. The molecule has 1 aromatic heterocycles. The lowest BCUT2D eigenvalue weighted by atomic mass is 10.1. The van der Waals surface area contributed by atoms with Crippen molar-refractivity contribution >= 4 is 16.8 Å². The van der Waals surface area contributed by atoms with E-state index in [1.165, 1.54) is 19.2 Å². The summed E-state index contributed by atoms with van der Waals surface area (Å²) < 4.78 is 18.9. The van der Waals surface area contributed by atoms with Crippen LogP contribution in [-0.4, -0.2) is 36.0 Å². The summed E-state index contributed by atoms with van der Waals surface area (Å²) >= 11 is 0. The second-order valence-electron chi connectivity index (χ2n) is 5.33. The first-order valence-electron chi connectivity index (χ1n) is 7.04. The number of fused-ring (bicyclic) bond motifs is 1. The summed E-state index contributed by atoms with van der Waals surface area (Å²) in [7, 11) is 1.51. The number of hydrogen-bond acceptors (Lipinski definition) is 3. The van der Waals surface area contributed by atoms with Crippen molar-refractivity contribution in [3.8, 4) is 5.75 Å². The molecule has 0 atom stereocenters. The molecular weight excluding hydrogens is 271 g/mol. The van der Waals surface area contributed by atoms with Crippen LogP contribution in [0.15, 0.2) is 18.2 Å². The van der Waals surface area contributed by atoms with Gasteiger partial charge in [-0.25, -0.2) is 9.37 Å². The molecule has 0 N–H and O–H groups in total. The maximum absolute atomic E-state index is 13.6. The maximum atomic E-state index is 13.6. The Morgan fingerprint density at radius 2 is 2.00 bits per heavy atom. The molecule has 1 aromatic carbocycles. The highest BCUT2D eigenvalue weighted by Gasteiger charge is 2.22. The number of pyridine rings is 1. The number of carbonyl (C=O) groups excluding carboxylic acids is 1. The summed E-state index contributed by atoms with van der Waals surface area (Å²) in [5.41, 5.74) is 1.66. The van der Waals surface area contributed by atoms with Crippen molar-refractivity contribution < 1.29 is 13.9 Å². The average Bonchev–Trinajstić information content (AvgIpc) is 2.99. The smallest absolute Gasteiger partial charge is 0.272 e. The van der Waals surface area contributed by atoms with Crippen LogP contribution in [0.5, 0.6) is 5.75 Å². The van der Waals surface area contributed by atoms with E-state index in [1.807, 2.05) is 0 Å². The number of likely N-dealkylation sites (tertiary alicyclic amines) is 1. The largest absolute Gasteiger partial charge is 0.496 e. The van der Waals surface area contributed by atoms with E-state index in [2.05, 4.69) is 4.98 Å². The third kappa shape index (κ3) is 2.44. The van der Waals surface area contributed by atoms with Crippen LogP contribution in [0, 0.1) is 12.7 Å². The van der Waals surface area contributed by atoms with E-state index in [9.17, 15) is 9.18 Å². The van der Waals surface area contributed by atoms with Gasteiger partial charge in [0.15, 0.2) is 0 Å². The Morgan fingerprint density at radius 3 is 2.67 bits per heavy atom. The normalized spacial score (nSPS) is 14.7. The molecule has 1 aliphatic rings. The zero-order chi connectivity index (χ0) is 15.0. The Kier molecular flexibility index (Phi) is 3.49. The Morgan fingerprint density at radius 1 is 1.29 bits per heavy atom. The molecule has 1 saturated heterocycles. The summed E-state index contributed by atoms with van der Waals surface area (Å²) in [6.07, 6.45) is 2.06. The molecule has 1 aliphatic heterocycles. The van der Waals surface area contributed by atoms with Gasteiger partial charge in [-0.3, -0.25) is 4.79 Å². The molecular formula is C16H17FN2O2. The van der Waals surface area contributed by atoms with Gasteiger partial charge in [0.2, 0.25) is 0 Å². The van der Waals surface area contributed by atoms with Crippen molar-refractivity contribution in [2.24, 2.45) is 0 Å². The van der Waals surface area contributed by atoms with Crippen LogP contribution in [0.3, 0.4) is 0 Å². The van der Waals surface area contributed by atoms with Gasteiger partial charge in [-0.15, -0.1) is 0 Å². The highest BCUT2D eigenvalue weighted by molar-refractivity contribution is 5.97. The molecule has 4 nitrogen and oxygen atoms in total. The van der Waals surface area contributed by atoms with Crippen LogP contribution >= 0.6 is 0 Å². The SMILES string of the molecule is COc1cc(C(=O)N2CCCC2)nc2c(C)cc(F)cc12. The van der Waals surface area contributed by atoms with Gasteiger partial charge in [-0.1, -0.05) is 0 Å². The van der Waals surface area contributed by atoms with Gasteiger partial charge in [0, 0.05) is 24.5 Å². The molecule has 0 unspecified atom stereocenters. The quantitative estimate of drug-likeness (QED) is 0.853. The second-order valence-corrected chi connectivity index (χ2v) is 5.33. The van der Waals surface area contributed by atoms with Crippen LogP contribution in [-0.2, 0) is 0 Å². The summed E-state index contributed by atoms with van der Waals surface area (Å²) in [6, 6.07) is 4.40. The Labute approximate surface area is 122 Å². The number of aryl methyl sites for hydroxylation is 1. The molecule has 5 heteroatoms. The highest BCUT2D eigenvalue weighted by atomic mass is 19.1. The monoisotopic (exact) mass is 288 g/mol. The number of benzene rings is 1. The number of methoxy groups -OCH3 is 1. The molecule has 0 saturated carbocycles. The average molecular weight is 288 g/mol.